The molecule has 0 unspecified atom stereocenters. The van der Waals surface area contributed by atoms with Crippen molar-refractivity contribution >= 4 is 34.8 Å². The number of carbonyl (C=O) groups excluding carboxylic acids is 1. The van der Waals surface area contributed by atoms with E-state index in [1.807, 2.05) is 24.3 Å². The third-order valence-electron chi connectivity index (χ3n) is 4.62. The van der Waals surface area contributed by atoms with Gasteiger partial charge in [0.1, 0.15) is 6.04 Å². The van der Waals surface area contributed by atoms with Crippen molar-refractivity contribution in [3.05, 3.63) is 87.9 Å². The fourth-order valence-corrected chi connectivity index (χ4v) is 3.80. The van der Waals surface area contributed by atoms with Gasteiger partial charge in [-0.2, -0.15) is 0 Å². The maximum absolute atomic E-state index is 12.4. The van der Waals surface area contributed by atoms with Crippen molar-refractivity contribution in [2.45, 2.75) is 6.04 Å². The molecule has 0 fully saturated rings. The molecule has 3 aromatic carbocycles. The van der Waals surface area contributed by atoms with Crippen molar-refractivity contribution in [3.8, 4) is 11.1 Å². The summed E-state index contributed by atoms with van der Waals surface area (Å²) in [6.45, 7) is 0.288. The Balaban J connectivity index is 1.51. The van der Waals surface area contributed by atoms with Gasteiger partial charge in [-0.3, -0.25) is 4.79 Å². The number of quaternary nitrogens is 1. The molecule has 0 aliphatic heterocycles. The van der Waals surface area contributed by atoms with Crippen molar-refractivity contribution in [1.82, 2.24) is 0 Å². The highest BCUT2D eigenvalue weighted by Crippen LogP contribution is 2.40. The van der Waals surface area contributed by atoms with Crippen LogP contribution < -0.4 is 10.6 Å². The fourth-order valence-electron chi connectivity index (χ4n) is 3.47. The minimum atomic E-state index is -0.115. The maximum atomic E-state index is 12.4. The molecule has 1 amide bonds. The Hall–Kier alpha value is -2.33. The van der Waals surface area contributed by atoms with Crippen LogP contribution in [0.3, 0.4) is 0 Å². The standard InChI is InChI=1S/C21H16Cl2N2O/c22-13-9-10-18(23)19(11-13)25-20(26)12-24-21-16-7-3-1-5-14(16)15-6-2-4-8-17(15)21/h1-11,21,24H,12H2,(H,25,26)/p+1. The van der Waals surface area contributed by atoms with E-state index in [-0.39, 0.29) is 18.5 Å². The summed E-state index contributed by atoms with van der Waals surface area (Å²) in [5.74, 6) is -0.115. The Morgan fingerprint density at radius 1 is 0.923 bits per heavy atom. The number of hydrogen-bond acceptors (Lipinski definition) is 1. The summed E-state index contributed by atoms with van der Waals surface area (Å²) in [5, 5.41) is 5.90. The Morgan fingerprint density at radius 2 is 1.54 bits per heavy atom. The number of hydrogen-bond donors (Lipinski definition) is 2. The number of anilines is 1. The lowest BCUT2D eigenvalue weighted by molar-refractivity contribution is -0.675. The average molecular weight is 384 g/mol. The molecule has 130 valence electrons. The predicted octanol–water partition coefficient (Wildman–Crippen LogP) is 4.27. The van der Waals surface area contributed by atoms with Crippen molar-refractivity contribution < 1.29 is 10.1 Å². The van der Waals surface area contributed by atoms with Crippen LogP contribution >= 0.6 is 23.2 Å². The molecule has 5 heteroatoms. The van der Waals surface area contributed by atoms with Crippen LogP contribution in [-0.4, -0.2) is 12.5 Å². The van der Waals surface area contributed by atoms with E-state index in [1.54, 1.807) is 18.2 Å². The molecule has 0 heterocycles. The lowest BCUT2D eigenvalue weighted by Crippen LogP contribution is -2.87. The van der Waals surface area contributed by atoms with Gasteiger partial charge in [-0.25, -0.2) is 0 Å². The van der Waals surface area contributed by atoms with Crippen molar-refractivity contribution in [1.29, 1.82) is 0 Å². The third kappa shape index (κ3) is 3.21. The first-order valence-electron chi connectivity index (χ1n) is 8.40. The SMILES string of the molecule is O=C(C[NH2+]C1c2ccccc2-c2ccccc21)Nc1cc(Cl)ccc1Cl. The fraction of sp³-hybridized carbons (Fsp3) is 0.0952. The summed E-state index contributed by atoms with van der Waals surface area (Å²) in [4.78, 5) is 12.4. The van der Waals surface area contributed by atoms with Crippen LogP contribution in [0.1, 0.15) is 17.2 Å². The zero-order valence-corrected chi connectivity index (χ0v) is 15.4. The van der Waals surface area contributed by atoms with E-state index in [9.17, 15) is 4.79 Å². The van der Waals surface area contributed by atoms with Gasteiger partial charge in [0.15, 0.2) is 6.54 Å². The number of nitrogens with one attached hydrogen (secondary N) is 1. The molecule has 0 saturated carbocycles. The number of fused-ring (bicyclic) bond motifs is 3. The molecule has 26 heavy (non-hydrogen) atoms. The Morgan fingerprint density at radius 3 is 2.19 bits per heavy atom. The zero-order chi connectivity index (χ0) is 18.1. The predicted molar refractivity (Wildman–Crippen MR) is 106 cm³/mol. The number of benzene rings is 3. The molecule has 0 saturated heterocycles. The van der Waals surface area contributed by atoms with Crippen LogP contribution in [0.2, 0.25) is 10.0 Å². The van der Waals surface area contributed by atoms with Gasteiger partial charge < -0.3 is 10.6 Å². The van der Waals surface area contributed by atoms with Crippen LogP contribution in [-0.2, 0) is 4.79 Å². The van der Waals surface area contributed by atoms with Gasteiger partial charge in [-0.05, 0) is 29.3 Å². The van der Waals surface area contributed by atoms with Gasteiger partial charge in [0.05, 0.1) is 10.7 Å². The van der Waals surface area contributed by atoms with Crippen molar-refractivity contribution in [2.24, 2.45) is 0 Å². The molecule has 0 atom stereocenters. The number of amides is 1. The van der Waals surface area contributed by atoms with E-state index >= 15 is 0 Å². The van der Waals surface area contributed by atoms with Crippen LogP contribution in [0.15, 0.2) is 66.7 Å². The molecule has 0 aromatic heterocycles. The highest BCUT2D eigenvalue weighted by atomic mass is 35.5. The Labute approximate surface area is 162 Å². The minimum absolute atomic E-state index is 0.114. The van der Waals surface area contributed by atoms with Crippen LogP contribution in [0.25, 0.3) is 11.1 Å². The molecule has 0 bridgehead atoms. The van der Waals surface area contributed by atoms with E-state index < -0.39 is 0 Å². The second-order valence-electron chi connectivity index (χ2n) is 6.26. The molecular formula is C21H17Cl2N2O+. The Kier molecular flexibility index (Phi) is 4.68. The summed E-state index contributed by atoms with van der Waals surface area (Å²) in [5.41, 5.74) is 5.49. The number of rotatable bonds is 4. The largest absolute Gasteiger partial charge is 0.328 e. The van der Waals surface area contributed by atoms with Gasteiger partial charge in [-0.15, -0.1) is 0 Å². The van der Waals surface area contributed by atoms with E-state index in [2.05, 4.69) is 34.9 Å². The van der Waals surface area contributed by atoms with Gasteiger partial charge in [0.2, 0.25) is 0 Å². The van der Waals surface area contributed by atoms with Crippen LogP contribution in [0.4, 0.5) is 5.69 Å². The van der Waals surface area contributed by atoms with Crippen molar-refractivity contribution in [3.63, 3.8) is 0 Å². The van der Waals surface area contributed by atoms with Crippen LogP contribution in [0, 0.1) is 0 Å². The monoisotopic (exact) mass is 383 g/mol. The molecule has 3 aromatic rings. The van der Waals surface area contributed by atoms with E-state index in [4.69, 9.17) is 23.2 Å². The first-order valence-corrected chi connectivity index (χ1v) is 9.15. The normalized spacial score (nSPS) is 12.5. The summed E-state index contributed by atoms with van der Waals surface area (Å²) in [6.07, 6.45) is 0. The second-order valence-corrected chi connectivity index (χ2v) is 7.11. The number of carbonyl (C=O) groups is 1. The molecule has 3 nitrogen and oxygen atoms in total. The molecule has 1 aliphatic carbocycles. The van der Waals surface area contributed by atoms with E-state index in [1.165, 1.54) is 22.3 Å². The van der Waals surface area contributed by atoms with Gasteiger partial charge >= 0.3 is 0 Å². The van der Waals surface area contributed by atoms with Gasteiger partial charge in [0, 0.05) is 16.1 Å². The molecule has 0 spiro atoms. The summed E-state index contributed by atoms with van der Waals surface area (Å²) in [6, 6.07) is 21.8. The highest BCUT2D eigenvalue weighted by molar-refractivity contribution is 6.35. The average Bonchev–Trinajstić information content (AvgIpc) is 2.97. The van der Waals surface area contributed by atoms with Crippen molar-refractivity contribution in [2.75, 3.05) is 11.9 Å². The molecule has 1 aliphatic rings. The van der Waals surface area contributed by atoms with Crippen LogP contribution in [0.5, 0.6) is 0 Å². The van der Waals surface area contributed by atoms with E-state index in [0.29, 0.717) is 15.7 Å². The summed E-state index contributed by atoms with van der Waals surface area (Å²) >= 11 is 12.1. The Bertz CT molecular complexity index is 942. The first-order chi connectivity index (χ1) is 12.6. The lowest BCUT2D eigenvalue weighted by Gasteiger charge is -2.13. The number of nitrogens with two attached hydrogens (primary N) is 1. The minimum Gasteiger partial charge on any atom is -0.328 e. The topological polar surface area (TPSA) is 45.7 Å². The first kappa shape index (κ1) is 17.1. The van der Waals surface area contributed by atoms with E-state index in [0.717, 1.165) is 0 Å². The maximum Gasteiger partial charge on any atom is 0.279 e. The highest BCUT2D eigenvalue weighted by Gasteiger charge is 2.31. The molecule has 4 rings (SSSR count). The summed E-state index contributed by atoms with van der Waals surface area (Å²) < 4.78 is 0. The summed E-state index contributed by atoms with van der Waals surface area (Å²) in [7, 11) is 0. The van der Waals surface area contributed by atoms with Gasteiger partial charge in [0.25, 0.3) is 5.91 Å². The lowest BCUT2D eigenvalue weighted by atomic mass is 10.1. The second kappa shape index (κ2) is 7.12. The number of halogens is 2. The smallest absolute Gasteiger partial charge is 0.279 e. The molecule has 0 radical (unpaired) electrons. The molecule has 3 N–H and O–H groups in total. The van der Waals surface area contributed by atoms with Gasteiger partial charge in [-0.1, -0.05) is 71.7 Å². The third-order valence-corrected chi connectivity index (χ3v) is 5.19. The zero-order valence-electron chi connectivity index (χ0n) is 13.9. The quantitative estimate of drug-likeness (QED) is 0.694. The molecular weight excluding hydrogens is 367 g/mol.